The Morgan fingerprint density at radius 3 is 2.37 bits per heavy atom. The van der Waals surface area contributed by atoms with E-state index in [1.54, 1.807) is 31.5 Å². The van der Waals surface area contributed by atoms with Crippen LogP contribution in [0.4, 0.5) is 5.69 Å². The van der Waals surface area contributed by atoms with Crippen molar-refractivity contribution in [3.8, 4) is 5.75 Å². The van der Waals surface area contributed by atoms with Crippen LogP contribution in [0, 0.1) is 0 Å². The number of methoxy groups -OCH3 is 1. The van der Waals surface area contributed by atoms with Crippen LogP contribution in [-0.2, 0) is 0 Å². The second-order valence-electron chi connectivity index (χ2n) is 5.83. The first kappa shape index (κ1) is 18.8. The number of aliphatic imine (C=N–C) groups is 1. The summed E-state index contributed by atoms with van der Waals surface area (Å²) < 4.78 is 6.15. The van der Waals surface area contributed by atoms with E-state index < -0.39 is 0 Å². The lowest BCUT2D eigenvalue weighted by Gasteiger charge is -2.00. The van der Waals surface area contributed by atoms with Gasteiger partial charge in [-0.1, -0.05) is 46.3 Å². The van der Waals surface area contributed by atoms with Gasteiger partial charge in [-0.05, 0) is 65.7 Å². The molecule has 27 heavy (non-hydrogen) atoms. The van der Waals surface area contributed by atoms with Gasteiger partial charge in [0.2, 0.25) is 0 Å². The molecule has 0 saturated carbocycles. The first-order valence-electron chi connectivity index (χ1n) is 8.40. The largest absolute Gasteiger partial charge is 0.497 e. The normalized spacial score (nSPS) is 11.2. The summed E-state index contributed by atoms with van der Waals surface area (Å²) in [6.07, 6.45) is 5.15. The second-order valence-corrected chi connectivity index (χ2v) is 6.75. The summed E-state index contributed by atoms with van der Waals surface area (Å²) >= 11 is 3.40. The highest BCUT2D eigenvalue weighted by Crippen LogP contribution is 2.17. The van der Waals surface area contributed by atoms with Crippen molar-refractivity contribution in [3.63, 3.8) is 0 Å². The highest BCUT2D eigenvalue weighted by atomic mass is 79.9. The van der Waals surface area contributed by atoms with Crippen molar-refractivity contribution in [3.05, 3.63) is 100 Å². The number of hydrogen-bond acceptors (Lipinski definition) is 3. The van der Waals surface area contributed by atoms with Crippen LogP contribution in [0.25, 0.3) is 6.08 Å². The van der Waals surface area contributed by atoms with E-state index >= 15 is 0 Å². The molecule has 3 aromatic rings. The van der Waals surface area contributed by atoms with Gasteiger partial charge in [0.25, 0.3) is 0 Å². The second kappa shape index (κ2) is 9.10. The molecule has 0 bridgehead atoms. The smallest absolute Gasteiger partial charge is 0.185 e. The van der Waals surface area contributed by atoms with Gasteiger partial charge in [0, 0.05) is 16.3 Å². The van der Waals surface area contributed by atoms with E-state index in [-0.39, 0.29) is 5.78 Å². The molecule has 3 aromatic carbocycles. The molecule has 0 aliphatic heterocycles. The minimum Gasteiger partial charge on any atom is -0.497 e. The van der Waals surface area contributed by atoms with Crippen LogP contribution >= 0.6 is 15.9 Å². The van der Waals surface area contributed by atoms with Gasteiger partial charge >= 0.3 is 0 Å². The molecule has 0 atom stereocenters. The Hall–Kier alpha value is -2.98. The van der Waals surface area contributed by atoms with Crippen LogP contribution in [0.5, 0.6) is 5.75 Å². The fourth-order valence-electron chi connectivity index (χ4n) is 2.42. The Balaban J connectivity index is 1.71. The molecule has 4 heteroatoms. The number of ketones is 1. The van der Waals surface area contributed by atoms with Gasteiger partial charge in [-0.3, -0.25) is 9.79 Å². The van der Waals surface area contributed by atoms with Crippen LogP contribution in [0.3, 0.4) is 0 Å². The summed E-state index contributed by atoms with van der Waals surface area (Å²) in [6, 6.07) is 22.7. The van der Waals surface area contributed by atoms with Crippen LogP contribution in [-0.4, -0.2) is 19.1 Å². The zero-order valence-corrected chi connectivity index (χ0v) is 16.4. The Kier molecular flexibility index (Phi) is 6.34. The maximum atomic E-state index is 12.4. The van der Waals surface area contributed by atoms with E-state index in [1.165, 1.54) is 0 Å². The number of carbonyl (C=O) groups excluding carboxylic acids is 1. The van der Waals surface area contributed by atoms with Crippen molar-refractivity contribution in [2.75, 3.05) is 7.11 Å². The van der Waals surface area contributed by atoms with E-state index in [4.69, 9.17) is 4.74 Å². The minimum atomic E-state index is -0.0561. The van der Waals surface area contributed by atoms with Gasteiger partial charge in [0.05, 0.1) is 12.8 Å². The summed E-state index contributed by atoms with van der Waals surface area (Å²) in [5.74, 6) is 0.747. The molecule has 0 heterocycles. The Morgan fingerprint density at radius 2 is 1.67 bits per heavy atom. The Bertz CT molecular complexity index is 974. The number of rotatable bonds is 6. The summed E-state index contributed by atoms with van der Waals surface area (Å²) in [6.45, 7) is 0. The van der Waals surface area contributed by atoms with Gasteiger partial charge < -0.3 is 4.74 Å². The number of halogens is 1. The molecule has 0 N–H and O–H groups in total. The van der Waals surface area contributed by atoms with Crippen LogP contribution in [0.15, 0.2) is 88.3 Å². The van der Waals surface area contributed by atoms with Crippen molar-refractivity contribution in [1.82, 2.24) is 0 Å². The van der Waals surface area contributed by atoms with Gasteiger partial charge in [-0.15, -0.1) is 0 Å². The molecule has 0 aliphatic carbocycles. The average Bonchev–Trinajstić information content (AvgIpc) is 2.72. The number of allylic oxidation sites excluding steroid dienone is 1. The highest BCUT2D eigenvalue weighted by molar-refractivity contribution is 9.10. The summed E-state index contributed by atoms with van der Waals surface area (Å²) in [4.78, 5) is 16.9. The number of ether oxygens (including phenoxy) is 1. The molecule has 0 radical (unpaired) electrons. The topological polar surface area (TPSA) is 38.7 Å². The zero-order chi connectivity index (χ0) is 19.1. The fraction of sp³-hybridized carbons (Fsp3) is 0.0435. The number of nitrogens with zero attached hydrogens (tertiary/aromatic N) is 1. The number of hydrogen-bond donors (Lipinski definition) is 0. The van der Waals surface area contributed by atoms with Crippen LogP contribution in [0.1, 0.15) is 21.5 Å². The predicted molar refractivity (Wildman–Crippen MR) is 114 cm³/mol. The van der Waals surface area contributed by atoms with Gasteiger partial charge in [-0.25, -0.2) is 0 Å². The molecule has 3 rings (SSSR count). The summed E-state index contributed by atoms with van der Waals surface area (Å²) in [5, 5.41) is 0. The first-order valence-corrected chi connectivity index (χ1v) is 9.19. The van der Waals surface area contributed by atoms with E-state index in [0.717, 1.165) is 27.0 Å². The van der Waals surface area contributed by atoms with Gasteiger partial charge in [-0.2, -0.15) is 0 Å². The van der Waals surface area contributed by atoms with E-state index in [0.29, 0.717) is 5.56 Å². The number of benzene rings is 3. The van der Waals surface area contributed by atoms with Crippen molar-refractivity contribution in [2.45, 2.75) is 0 Å². The Labute approximate surface area is 167 Å². The molecular formula is C23H18BrNO2. The number of carbonyl (C=O) groups is 1. The summed E-state index contributed by atoms with van der Waals surface area (Å²) in [7, 11) is 1.64. The molecule has 134 valence electrons. The third-order valence-corrected chi connectivity index (χ3v) is 4.43. The quantitative estimate of drug-likeness (QED) is 0.274. The molecule has 0 amide bonds. The standard InChI is InChI=1S/C23H18BrNO2/c1-27-22-12-7-18(8-13-22)16-25-21-4-2-3-19(15-21)23(26)14-9-17-5-10-20(24)11-6-17/h2-16H,1H3. The lowest BCUT2D eigenvalue weighted by Crippen LogP contribution is -1.93. The third kappa shape index (κ3) is 5.50. The molecule has 3 nitrogen and oxygen atoms in total. The molecule has 0 fully saturated rings. The molecule has 0 aliphatic rings. The fourth-order valence-corrected chi connectivity index (χ4v) is 2.68. The molecule has 0 unspecified atom stereocenters. The SMILES string of the molecule is COc1ccc(C=Nc2cccc(C(=O)C=Cc3ccc(Br)cc3)c2)cc1. The highest BCUT2D eigenvalue weighted by Gasteiger charge is 2.02. The van der Waals surface area contributed by atoms with Crippen LogP contribution < -0.4 is 4.74 Å². The van der Waals surface area contributed by atoms with Gasteiger partial charge in [0.1, 0.15) is 5.75 Å². The van der Waals surface area contributed by atoms with E-state index in [1.807, 2.05) is 66.7 Å². The monoisotopic (exact) mass is 419 g/mol. The van der Waals surface area contributed by atoms with Crippen LogP contribution in [0.2, 0.25) is 0 Å². The predicted octanol–water partition coefficient (Wildman–Crippen LogP) is 6.10. The zero-order valence-electron chi connectivity index (χ0n) is 14.8. The van der Waals surface area contributed by atoms with Crippen molar-refractivity contribution >= 4 is 39.7 Å². The van der Waals surface area contributed by atoms with Gasteiger partial charge in [0.15, 0.2) is 5.78 Å². The van der Waals surface area contributed by atoms with Crippen molar-refractivity contribution < 1.29 is 9.53 Å². The van der Waals surface area contributed by atoms with Crippen molar-refractivity contribution in [2.24, 2.45) is 4.99 Å². The molecule has 0 aromatic heterocycles. The summed E-state index contributed by atoms with van der Waals surface area (Å²) in [5.41, 5.74) is 3.27. The lowest BCUT2D eigenvalue weighted by molar-refractivity contribution is 0.104. The first-order chi connectivity index (χ1) is 13.1. The molecule has 0 spiro atoms. The lowest BCUT2D eigenvalue weighted by atomic mass is 10.1. The Morgan fingerprint density at radius 1 is 0.963 bits per heavy atom. The minimum absolute atomic E-state index is 0.0561. The third-order valence-electron chi connectivity index (χ3n) is 3.91. The average molecular weight is 420 g/mol. The van der Waals surface area contributed by atoms with E-state index in [9.17, 15) is 4.79 Å². The molecular weight excluding hydrogens is 402 g/mol. The maximum absolute atomic E-state index is 12.4. The van der Waals surface area contributed by atoms with E-state index in [2.05, 4.69) is 20.9 Å². The molecule has 0 saturated heterocycles. The van der Waals surface area contributed by atoms with Crippen molar-refractivity contribution in [1.29, 1.82) is 0 Å². The maximum Gasteiger partial charge on any atom is 0.185 e.